The largest absolute Gasteiger partial charge is 0.503 e. The fraction of sp³-hybridized carbons (Fsp3) is 0.0909. The molecule has 13 heteroatoms. The number of anilines is 2. The van der Waals surface area contributed by atoms with Gasteiger partial charge in [0.2, 0.25) is 5.95 Å². The van der Waals surface area contributed by atoms with E-state index in [1.54, 1.807) is 18.2 Å². The van der Waals surface area contributed by atoms with E-state index in [1.807, 2.05) is 0 Å². The number of rotatable bonds is 8. The summed E-state index contributed by atoms with van der Waals surface area (Å²) in [5, 5.41) is 27.5. The molecular weight excluding hydrogens is 497 g/mol. The molecular formula is C22H17Cl2N7O4. The van der Waals surface area contributed by atoms with E-state index in [4.69, 9.17) is 23.2 Å². The van der Waals surface area contributed by atoms with Crippen LogP contribution in [0.2, 0.25) is 10.0 Å². The number of pyridine rings is 2. The summed E-state index contributed by atoms with van der Waals surface area (Å²) < 4.78 is 1.22. The molecule has 35 heavy (non-hydrogen) atoms. The number of hydrogen-bond donors (Lipinski definition) is 3. The average molecular weight is 514 g/mol. The Balaban J connectivity index is 1.57. The minimum absolute atomic E-state index is 0.0959. The lowest BCUT2D eigenvalue weighted by atomic mass is 10.1. The van der Waals surface area contributed by atoms with Crippen LogP contribution in [0.5, 0.6) is 5.75 Å². The second-order valence-electron chi connectivity index (χ2n) is 7.13. The van der Waals surface area contributed by atoms with E-state index in [2.05, 4.69) is 25.6 Å². The number of hydrogen-bond acceptors (Lipinski definition) is 9. The summed E-state index contributed by atoms with van der Waals surface area (Å²) in [5.74, 6) is 0.320. The summed E-state index contributed by atoms with van der Waals surface area (Å²) in [6.45, 7) is 0.802. The van der Waals surface area contributed by atoms with Crippen LogP contribution in [-0.2, 0) is 0 Å². The monoisotopic (exact) mass is 513 g/mol. The molecule has 4 rings (SSSR count). The molecule has 3 aromatic heterocycles. The molecule has 4 aromatic rings. The number of nitro groups is 1. The van der Waals surface area contributed by atoms with E-state index in [0.29, 0.717) is 45.9 Å². The highest BCUT2D eigenvalue weighted by molar-refractivity contribution is 6.36. The van der Waals surface area contributed by atoms with Gasteiger partial charge in [-0.15, -0.1) is 0 Å². The van der Waals surface area contributed by atoms with Gasteiger partial charge in [0.05, 0.1) is 21.8 Å². The minimum Gasteiger partial charge on any atom is -0.503 e. The molecule has 3 N–H and O–H groups in total. The van der Waals surface area contributed by atoms with Crippen LogP contribution < -0.4 is 16.2 Å². The zero-order valence-electron chi connectivity index (χ0n) is 17.9. The van der Waals surface area contributed by atoms with Gasteiger partial charge in [0.15, 0.2) is 5.75 Å². The quantitative estimate of drug-likeness (QED) is 0.179. The first-order chi connectivity index (χ1) is 16.8. The van der Waals surface area contributed by atoms with Gasteiger partial charge in [-0.3, -0.25) is 19.5 Å². The molecule has 3 heterocycles. The summed E-state index contributed by atoms with van der Waals surface area (Å²) in [5.41, 5.74) is 0.444. The Kier molecular flexibility index (Phi) is 7.09. The van der Waals surface area contributed by atoms with Crippen LogP contribution in [0.15, 0.2) is 65.8 Å². The molecule has 0 spiro atoms. The second-order valence-corrected chi connectivity index (χ2v) is 7.98. The van der Waals surface area contributed by atoms with E-state index in [9.17, 15) is 20.0 Å². The molecule has 0 saturated carbocycles. The minimum atomic E-state index is -0.636. The third-order valence-corrected chi connectivity index (χ3v) is 5.36. The zero-order valence-corrected chi connectivity index (χ0v) is 19.4. The predicted molar refractivity (Wildman–Crippen MR) is 133 cm³/mol. The van der Waals surface area contributed by atoms with Crippen molar-refractivity contribution in [3.05, 3.63) is 91.6 Å². The summed E-state index contributed by atoms with van der Waals surface area (Å²) in [6.07, 6.45) is 4.10. The fourth-order valence-corrected chi connectivity index (χ4v) is 3.65. The highest BCUT2D eigenvalue weighted by Crippen LogP contribution is 2.33. The SMILES string of the molecule is O=c1c(O)cccn1-c1cnc(NCCNc2ccc([N+](=O)[O-])cn2)nc1-c1ccc(Cl)cc1Cl. The lowest BCUT2D eigenvalue weighted by Crippen LogP contribution is -2.19. The molecule has 0 atom stereocenters. The van der Waals surface area contributed by atoms with E-state index in [-0.39, 0.29) is 11.6 Å². The maximum Gasteiger partial charge on any atom is 0.297 e. The van der Waals surface area contributed by atoms with Crippen molar-refractivity contribution in [1.82, 2.24) is 19.5 Å². The van der Waals surface area contributed by atoms with Gasteiger partial charge in [-0.2, -0.15) is 0 Å². The number of benzene rings is 1. The van der Waals surface area contributed by atoms with Crippen molar-refractivity contribution < 1.29 is 10.0 Å². The molecule has 0 aliphatic carbocycles. The van der Waals surface area contributed by atoms with Crippen molar-refractivity contribution in [2.24, 2.45) is 0 Å². The number of aromatic hydroxyl groups is 1. The van der Waals surface area contributed by atoms with E-state index < -0.39 is 16.2 Å². The van der Waals surface area contributed by atoms with Gasteiger partial charge in [-0.1, -0.05) is 23.2 Å². The molecule has 0 aliphatic rings. The normalized spacial score (nSPS) is 10.7. The maximum absolute atomic E-state index is 12.5. The molecule has 11 nitrogen and oxygen atoms in total. The standard InChI is InChI=1S/C22H17Cl2N7O4/c23-13-3-5-15(16(24)10-13)20-17(30-9-1-2-18(32)21(30)33)12-28-22(29-20)26-8-7-25-19-6-4-14(11-27-19)31(34)35/h1-6,9-12,32H,7-8H2,(H,25,27)(H,26,28,29). The Labute approximate surface area is 208 Å². The van der Waals surface area contributed by atoms with Crippen molar-refractivity contribution in [2.45, 2.75) is 0 Å². The van der Waals surface area contributed by atoms with Crippen LogP contribution >= 0.6 is 23.2 Å². The number of aromatic nitrogens is 4. The molecule has 0 saturated heterocycles. The van der Waals surface area contributed by atoms with Gasteiger partial charge in [-0.05, 0) is 36.4 Å². The van der Waals surface area contributed by atoms with Gasteiger partial charge in [-0.25, -0.2) is 15.0 Å². The fourth-order valence-electron chi connectivity index (χ4n) is 3.15. The predicted octanol–water partition coefficient (Wildman–Crippen LogP) is 4.13. The zero-order chi connectivity index (χ0) is 24.9. The molecule has 0 fully saturated rings. The maximum atomic E-state index is 12.5. The molecule has 0 unspecified atom stereocenters. The van der Waals surface area contributed by atoms with Crippen molar-refractivity contribution in [1.29, 1.82) is 0 Å². The Morgan fingerprint density at radius 3 is 2.57 bits per heavy atom. The lowest BCUT2D eigenvalue weighted by Gasteiger charge is -2.14. The van der Waals surface area contributed by atoms with Crippen molar-refractivity contribution in [3.8, 4) is 22.7 Å². The van der Waals surface area contributed by atoms with Crippen molar-refractivity contribution in [2.75, 3.05) is 23.7 Å². The summed E-state index contributed by atoms with van der Waals surface area (Å²) in [4.78, 5) is 35.5. The Bertz CT molecular complexity index is 1440. The average Bonchev–Trinajstić information content (AvgIpc) is 2.84. The smallest absolute Gasteiger partial charge is 0.297 e. The van der Waals surface area contributed by atoms with Crippen molar-refractivity contribution in [3.63, 3.8) is 0 Å². The van der Waals surface area contributed by atoms with Crippen LogP contribution in [0, 0.1) is 10.1 Å². The third kappa shape index (κ3) is 5.48. The first-order valence-corrected chi connectivity index (χ1v) is 10.9. The van der Waals surface area contributed by atoms with Gasteiger partial charge in [0.1, 0.15) is 17.7 Å². The number of nitrogens with zero attached hydrogens (tertiary/aromatic N) is 5. The van der Waals surface area contributed by atoms with Gasteiger partial charge >= 0.3 is 0 Å². The first-order valence-electron chi connectivity index (χ1n) is 10.1. The number of halogens is 2. The number of nitrogens with one attached hydrogen (secondary N) is 2. The molecule has 1 aromatic carbocycles. The first kappa shape index (κ1) is 23.9. The van der Waals surface area contributed by atoms with Crippen molar-refractivity contribution >= 4 is 40.7 Å². The highest BCUT2D eigenvalue weighted by Gasteiger charge is 2.16. The third-order valence-electron chi connectivity index (χ3n) is 4.82. The van der Waals surface area contributed by atoms with Crippen LogP contribution in [-0.4, -0.2) is 42.6 Å². The van der Waals surface area contributed by atoms with Gasteiger partial charge < -0.3 is 15.7 Å². The van der Waals surface area contributed by atoms with E-state index in [1.165, 1.54) is 47.4 Å². The highest BCUT2D eigenvalue weighted by atomic mass is 35.5. The van der Waals surface area contributed by atoms with Crippen LogP contribution in [0.25, 0.3) is 16.9 Å². The summed E-state index contributed by atoms with van der Waals surface area (Å²) >= 11 is 12.4. The van der Waals surface area contributed by atoms with Crippen LogP contribution in [0.1, 0.15) is 0 Å². The van der Waals surface area contributed by atoms with E-state index in [0.717, 1.165) is 0 Å². The summed E-state index contributed by atoms with van der Waals surface area (Å²) in [6, 6.07) is 10.6. The molecule has 178 valence electrons. The molecule has 0 aliphatic heterocycles. The van der Waals surface area contributed by atoms with Gasteiger partial charge in [0.25, 0.3) is 11.2 Å². The Morgan fingerprint density at radius 2 is 1.86 bits per heavy atom. The molecule has 0 amide bonds. The van der Waals surface area contributed by atoms with E-state index >= 15 is 0 Å². The molecule has 0 radical (unpaired) electrons. The lowest BCUT2D eigenvalue weighted by molar-refractivity contribution is -0.385. The second kappa shape index (κ2) is 10.4. The topological polar surface area (TPSA) is 148 Å². The Morgan fingerprint density at radius 1 is 1.06 bits per heavy atom. The van der Waals surface area contributed by atoms with Crippen LogP contribution in [0.4, 0.5) is 17.5 Å². The van der Waals surface area contributed by atoms with Gasteiger partial charge in [0, 0.05) is 35.9 Å². The summed E-state index contributed by atoms with van der Waals surface area (Å²) in [7, 11) is 0. The Hall–Kier alpha value is -4.22. The molecule has 0 bridgehead atoms. The van der Waals surface area contributed by atoms with Crippen LogP contribution in [0.3, 0.4) is 0 Å².